The van der Waals surface area contributed by atoms with Gasteiger partial charge in [-0.3, -0.25) is 4.99 Å². The zero-order valence-corrected chi connectivity index (χ0v) is 25.6. The predicted molar refractivity (Wildman–Crippen MR) is 177 cm³/mol. The number of anilines is 2. The zero-order chi connectivity index (χ0) is 30.5. The first-order chi connectivity index (χ1) is 20.7. The SMILES string of the molecule is CC(C)N=c1cc2n(-c3ccc(Cl)cc3)c3ccccc3nc-2cc1Nc1ccc(Cl)cc1.O=C(O)c1ccccc1Cl. The Morgan fingerprint density at radius 2 is 1.47 bits per heavy atom. The molecule has 0 bridgehead atoms. The Kier molecular flexibility index (Phi) is 9.31. The van der Waals surface area contributed by atoms with Crippen LogP contribution in [0, 0.1) is 0 Å². The largest absolute Gasteiger partial charge is 0.478 e. The van der Waals surface area contributed by atoms with Gasteiger partial charge in [0.15, 0.2) is 0 Å². The molecule has 0 spiro atoms. The third kappa shape index (κ3) is 7.17. The fourth-order valence-corrected chi connectivity index (χ4v) is 4.99. The number of fused-ring (bicyclic) bond motifs is 2. The summed E-state index contributed by atoms with van der Waals surface area (Å²) >= 11 is 17.8. The van der Waals surface area contributed by atoms with Crippen LogP contribution < -0.4 is 10.7 Å². The Labute approximate surface area is 264 Å². The molecule has 6 nitrogen and oxygen atoms in total. The van der Waals surface area contributed by atoms with Gasteiger partial charge in [0.2, 0.25) is 0 Å². The summed E-state index contributed by atoms with van der Waals surface area (Å²) in [5.74, 6) is -0.995. The van der Waals surface area contributed by atoms with E-state index in [1.165, 1.54) is 6.07 Å². The van der Waals surface area contributed by atoms with Gasteiger partial charge >= 0.3 is 5.97 Å². The molecule has 1 heterocycles. The summed E-state index contributed by atoms with van der Waals surface area (Å²) in [5, 5.41) is 14.5. The molecular formula is C34H27Cl3N4O2. The first kappa shape index (κ1) is 30.1. The molecule has 0 radical (unpaired) electrons. The summed E-state index contributed by atoms with van der Waals surface area (Å²) in [4.78, 5) is 20.2. The van der Waals surface area contributed by atoms with Crippen LogP contribution in [0.25, 0.3) is 28.1 Å². The van der Waals surface area contributed by atoms with Crippen LogP contribution in [0.3, 0.4) is 0 Å². The van der Waals surface area contributed by atoms with Crippen molar-refractivity contribution < 1.29 is 9.90 Å². The van der Waals surface area contributed by atoms with E-state index in [-0.39, 0.29) is 16.6 Å². The van der Waals surface area contributed by atoms with E-state index >= 15 is 0 Å². The molecule has 0 amide bonds. The molecule has 216 valence electrons. The number of nitrogens with zero attached hydrogens (tertiary/aromatic N) is 3. The zero-order valence-electron chi connectivity index (χ0n) is 23.3. The molecule has 6 rings (SSSR count). The van der Waals surface area contributed by atoms with Crippen molar-refractivity contribution in [2.24, 2.45) is 4.99 Å². The minimum Gasteiger partial charge on any atom is -0.478 e. The number of carbonyl (C=O) groups is 1. The van der Waals surface area contributed by atoms with E-state index in [2.05, 4.69) is 41.9 Å². The highest BCUT2D eigenvalue weighted by Gasteiger charge is 2.17. The molecular weight excluding hydrogens is 603 g/mol. The average Bonchev–Trinajstić information content (AvgIpc) is 2.98. The number of carboxylic acids is 1. The first-order valence-corrected chi connectivity index (χ1v) is 14.6. The maximum absolute atomic E-state index is 10.3. The standard InChI is InChI=1S/C27H22Cl2N4.C7H5ClO2/c1-17(2)30-24-16-27-25(15-23(24)31-20-11-7-18(28)8-12-20)32-22-5-3-4-6-26(22)33(27)21-13-9-19(29)10-14-21;8-6-4-2-1-3-5(6)7(9)10/h3-17,31H,1-2H3;1-4H,(H,9,10). The van der Waals surface area contributed by atoms with Crippen LogP contribution in [-0.4, -0.2) is 26.7 Å². The fourth-order valence-electron chi connectivity index (χ4n) is 4.52. The second kappa shape index (κ2) is 13.3. The van der Waals surface area contributed by atoms with Crippen molar-refractivity contribution in [1.29, 1.82) is 0 Å². The lowest BCUT2D eigenvalue weighted by Gasteiger charge is -2.20. The Bertz CT molecular complexity index is 1940. The third-order valence-electron chi connectivity index (χ3n) is 6.41. The van der Waals surface area contributed by atoms with Crippen molar-refractivity contribution in [2.75, 3.05) is 5.32 Å². The number of hydrogen-bond acceptors (Lipinski definition) is 4. The molecule has 4 aromatic rings. The maximum atomic E-state index is 10.3. The summed E-state index contributed by atoms with van der Waals surface area (Å²) in [7, 11) is 0. The topological polar surface area (TPSA) is 79.5 Å². The second-order valence-corrected chi connectivity index (χ2v) is 11.2. The van der Waals surface area contributed by atoms with E-state index in [1.54, 1.807) is 18.2 Å². The van der Waals surface area contributed by atoms with Crippen molar-refractivity contribution in [3.63, 3.8) is 0 Å². The van der Waals surface area contributed by atoms with Crippen molar-refractivity contribution in [2.45, 2.75) is 19.9 Å². The summed E-state index contributed by atoms with van der Waals surface area (Å²) in [5.41, 5.74) is 6.74. The number of aromatic nitrogens is 2. The number of para-hydroxylation sites is 2. The van der Waals surface area contributed by atoms with Gasteiger partial charge in [-0.2, -0.15) is 0 Å². The fraction of sp³-hybridized carbons (Fsp3) is 0.0882. The van der Waals surface area contributed by atoms with Crippen LogP contribution in [0.2, 0.25) is 15.1 Å². The summed E-state index contributed by atoms with van der Waals surface area (Å²) in [6.07, 6.45) is 0. The van der Waals surface area contributed by atoms with E-state index in [0.29, 0.717) is 10.0 Å². The minimum atomic E-state index is -0.995. The van der Waals surface area contributed by atoms with Gasteiger partial charge in [-0.25, -0.2) is 9.78 Å². The average molecular weight is 630 g/mol. The van der Waals surface area contributed by atoms with Gasteiger partial charge in [0.1, 0.15) is 0 Å². The minimum absolute atomic E-state index is 0.130. The lowest BCUT2D eigenvalue weighted by atomic mass is 10.1. The van der Waals surface area contributed by atoms with Gasteiger partial charge in [-0.1, -0.05) is 59.1 Å². The van der Waals surface area contributed by atoms with Gasteiger partial charge in [0, 0.05) is 27.5 Å². The molecule has 9 heteroatoms. The normalized spacial score (nSPS) is 11.4. The smallest absolute Gasteiger partial charge is 0.337 e. The molecule has 2 N–H and O–H groups in total. The van der Waals surface area contributed by atoms with Gasteiger partial charge in [0.25, 0.3) is 0 Å². The molecule has 2 aliphatic rings. The summed E-state index contributed by atoms with van der Waals surface area (Å²) in [6, 6.07) is 34.2. The monoisotopic (exact) mass is 628 g/mol. The quantitative estimate of drug-likeness (QED) is 0.186. The van der Waals surface area contributed by atoms with Crippen LogP contribution in [0.1, 0.15) is 24.2 Å². The first-order valence-electron chi connectivity index (χ1n) is 13.5. The Morgan fingerprint density at radius 1 is 0.837 bits per heavy atom. The Balaban J connectivity index is 0.000000314. The highest BCUT2D eigenvalue weighted by Crippen LogP contribution is 2.31. The van der Waals surface area contributed by atoms with E-state index in [0.717, 1.165) is 44.8 Å². The van der Waals surface area contributed by atoms with Gasteiger partial charge in [-0.15, -0.1) is 0 Å². The number of hydrogen-bond donors (Lipinski definition) is 2. The maximum Gasteiger partial charge on any atom is 0.337 e. The molecule has 1 aliphatic heterocycles. The molecule has 0 atom stereocenters. The van der Waals surface area contributed by atoms with Crippen molar-refractivity contribution in [3.05, 3.63) is 135 Å². The molecule has 43 heavy (non-hydrogen) atoms. The molecule has 0 aromatic heterocycles. The van der Waals surface area contributed by atoms with Gasteiger partial charge in [-0.05, 0) is 98.8 Å². The molecule has 0 saturated carbocycles. The van der Waals surface area contributed by atoms with Crippen molar-refractivity contribution in [3.8, 4) is 17.1 Å². The molecule has 4 aromatic carbocycles. The van der Waals surface area contributed by atoms with Crippen LogP contribution in [-0.2, 0) is 0 Å². The molecule has 0 unspecified atom stereocenters. The number of halogens is 3. The lowest BCUT2D eigenvalue weighted by Crippen LogP contribution is -2.16. The third-order valence-corrected chi connectivity index (χ3v) is 7.24. The van der Waals surface area contributed by atoms with Gasteiger partial charge < -0.3 is 15.0 Å². The highest BCUT2D eigenvalue weighted by molar-refractivity contribution is 6.33. The molecule has 0 fully saturated rings. The van der Waals surface area contributed by atoms with E-state index in [1.807, 2.05) is 66.7 Å². The Hall–Kier alpha value is -4.36. The van der Waals surface area contributed by atoms with Crippen LogP contribution >= 0.6 is 34.8 Å². The van der Waals surface area contributed by atoms with Crippen LogP contribution in [0.4, 0.5) is 11.4 Å². The summed E-state index contributed by atoms with van der Waals surface area (Å²) < 4.78 is 2.21. The molecule has 0 saturated heterocycles. The number of benzene rings is 5. The van der Waals surface area contributed by atoms with E-state index in [4.69, 9.17) is 49.9 Å². The second-order valence-electron chi connectivity index (χ2n) is 9.91. The Morgan fingerprint density at radius 3 is 2.09 bits per heavy atom. The van der Waals surface area contributed by atoms with Gasteiger partial charge in [0.05, 0.1) is 44.1 Å². The van der Waals surface area contributed by atoms with Crippen LogP contribution in [0.5, 0.6) is 0 Å². The summed E-state index contributed by atoms with van der Waals surface area (Å²) in [6.45, 7) is 4.14. The van der Waals surface area contributed by atoms with Crippen molar-refractivity contribution in [1.82, 2.24) is 9.55 Å². The predicted octanol–water partition coefficient (Wildman–Crippen LogP) is 9.53. The van der Waals surface area contributed by atoms with E-state index in [9.17, 15) is 4.79 Å². The number of rotatable bonds is 5. The lowest BCUT2D eigenvalue weighted by molar-refractivity contribution is 0.0697. The number of aromatic carboxylic acids is 1. The van der Waals surface area contributed by atoms with Crippen LogP contribution in [0.15, 0.2) is 114 Å². The molecule has 1 aliphatic carbocycles. The number of carboxylic acid groups (broad SMARTS) is 1. The van der Waals surface area contributed by atoms with E-state index < -0.39 is 5.97 Å². The van der Waals surface area contributed by atoms with Crippen molar-refractivity contribution >= 4 is 63.2 Å². The number of nitrogens with one attached hydrogen (secondary N) is 1. The highest BCUT2D eigenvalue weighted by atomic mass is 35.5.